The number of quaternary nitrogens is 1. The first kappa shape index (κ1) is 19.7. The molecule has 1 fully saturated rings. The minimum atomic E-state index is -2.91. The van der Waals surface area contributed by atoms with Crippen LogP contribution in [0.15, 0.2) is 24.3 Å². The number of benzene rings is 1. The first-order valence-corrected chi connectivity index (χ1v) is 8.49. The van der Waals surface area contributed by atoms with Gasteiger partial charge in [0.25, 0.3) is 0 Å². The van der Waals surface area contributed by atoms with Gasteiger partial charge in [-0.1, -0.05) is 18.3 Å². The fraction of sp³-hybridized carbons (Fsp3) is 0.529. The number of carbonyl (C=O) groups excluding carboxylic acids is 1. The molecule has 1 aromatic rings. The Balaban J connectivity index is 2.29. The van der Waals surface area contributed by atoms with Crippen molar-refractivity contribution in [1.29, 1.82) is 0 Å². The molecule has 0 bridgehead atoms. The number of halogens is 2. The molecule has 0 spiro atoms. The number of rotatable bonds is 5. The molecule has 2 atom stereocenters. The van der Waals surface area contributed by atoms with Gasteiger partial charge >= 0.3 is 12.5 Å². The van der Waals surface area contributed by atoms with Gasteiger partial charge in [-0.05, 0) is 26.8 Å². The number of amides is 1. The lowest BCUT2D eigenvalue weighted by molar-refractivity contribution is -0.130. The Kier molecular flexibility index (Phi) is 5.75. The van der Waals surface area contributed by atoms with E-state index in [1.54, 1.807) is 19.2 Å². The second kappa shape index (κ2) is 7.31. The number of nitrogens with zero attached hydrogens (tertiary/aromatic N) is 1. The van der Waals surface area contributed by atoms with Gasteiger partial charge in [0.1, 0.15) is 18.2 Å². The highest BCUT2D eigenvalue weighted by molar-refractivity contribution is 7.80. The molecule has 0 aliphatic carbocycles. The Bertz CT molecular complexity index is 664. The van der Waals surface area contributed by atoms with Crippen molar-refractivity contribution in [2.75, 3.05) is 13.6 Å². The molecule has 25 heavy (non-hydrogen) atoms. The van der Waals surface area contributed by atoms with Crippen LogP contribution in [-0.4, -0.2) is 36.6 Å². The van der Waals surface area contributed by atoms with E-state index in [9.17, 15) is 13.6 Å². The van der Waals surface area contributed by atoms with E-state index in [1.807, 2.05) is 20.8 Å². The average Bonchev–Trinajstić information content (AvgIpc) is 2.83. The number of nitrogens with one attached hydrogen (secondary N) is 2. The van der Waals surface area contributed by atoms with Gasteiger partial charge in [0.05, 0.1) is 4.99 Å². The second-order valence-corrected chi connectivity index (χ2v) is 7.49. The molecule has 1 aliphatic rings. The third kappa shape index (κ3) is 4.31. The van der Waals surface area contributed by atoms with Crippen LogP contribution in [0.5, 0.6) is 5.75 Å². The van der Waals surface area contributed by atoms with Gasteiger partial charge in [-0.2, -0.15) is 18.8 Å². The third-order valence-corrected chi connectivity index (χ3v) is 4.49. The summed E-state index contributed by atoms with van der Waals surface area (Å²) in [6.45, 7) is 3.49. The zero-order valence-electron chi connectivity index (χ0n) is 14.8. The lowest BCUT2D eigenvalue weighted by Gasteiger charge is -2.30. The maximum absolute atomic E-state index is 13.1. The molecule has 1 amide bonds. The smallest absolute Gasteiger partial charge is 0.387 e. The topological polar surface area (TPSA) is 50.4 Å². The minimum Gasteiger partial charge on any atom is -0.435 e. The Morgan fingerprint density at radius 2 is 2.08 bits per heavy atom. The van der Waals surface area contributed by atoms with E-state index < -0.39 is 12.5 Å². The number of carbonyl (C=O) groups is 1. The summed E-state index contributed by atoms with van der Waals surface area (Å²) in [5.74, 6) is -0.522. The fourth-order valence-corrected chi connectivity index (χ4v) is 3.55. The molecule has 1 aromatic carbocycles. The van der Waals surface area contributed by atoms with Crippen LogP contribution in [0, 0.1) is 5.92 Å². The summed E-state index contributed by atoms with van der Waals surface area (Å²) in [6.07, 6.45) is 0.571. The van der Waals surface area contributed by atoms with E-state index in [4.69, 9.17) is 12.2 Å². The van der Waals surface area contributed by atoms with E-state index in [0.717, 1.165) is 0 Å². The Morgan fingerprint density at radius 1 is 1.40 bits per heavy atom. The van der Waals surface area contributed by atoms with Crippen LogP contribution in [0.3, 0.4) is 0 Å². The summed E-state index contributed by atoms with van der Waals surface area (Å²) in [6, 6.07) is 6.21. The number of hydrogen-bond acceptors (Lipinski definition) is 4. The summed E-state index contributed by atoms with van der Waals surface area (Å²) >= 11 is 5.43. The lowest BCUT2D eigenvalue weighted by atomic mass is 10.0. The summed E-state index contributed by atoms with van der Waals surface area (Å²) in [7, 11) is 1.67. The van der Waals surface area contributed by atoms with E-state index in [-0.39, 0.29) is 21.8 Å². The molecule has 2 N–H and O–H groups in total. The van der Waals surface area contributed by atoms with Crippen molar-refractivity contribution in [2.24, 2.45) is 5.92 Å². The van der Waals surface area contributed by atoms with Crippen molar-refractivity contribution in [3.05, 3.63) is 24.3 Å². The molecule has 1 aliphatic heterocycles. The lowest BCUT2D eigenvalue weighted by Crippen LogP contribution is -2.60. The number of ether oxygens (including phenoxy) is 1. The van der Waals surface area contributed by atoms with Crippen LogP contribution >= 0.6 is 12.2 Å². The van der Waals surface area contributed by atoms with Crippen LogP contribution in [0.4, 0.5) is 14.5 Å². The highest BCUT2D eigenvalue weighted by atomic mass is 32.1. The first-order chi connectivity index (χ1) is 11.6. The fourth-order valence-electron chi connectivity index (χ4n) is 3.03. The standard InChI is InChI=1S/C17H23F2N3O2S/c1-17(2,3)21-14(25)13-8-9-22(20-4,15(13)23)11-6-5-7-12(10-11)24-16(18)19/h5-7,10,13,16,20H,8-9H2,1-4H3/p+1. The van der Waals surface area contributed by atoms with Crippen LogP contribution < -0.4 is 20.1 Å². The number of alkyl halides is 2. The molecule has 1 saturated heterocycles. The molecule has 1 heterocycles. The third-order valence-electron chi connectivity index (χ3n) is 4.11. The summed E-state index contributed by atoms with van der Waals surface area (Å²) in [4.78, 5) is 13.6. The molecule has 2 unspecified atom stereocenters. The second-order valence-electron chi connectivity index (χ2n) is 7.05. The largest absolute Gasteiger partial charge is 0.435 e. The van der Waals surface area contributed by atoms with Crippen molar-refractivity contribution in [2.45, 2.75) is 39.3 Å². The van der Waals surface area contributed by atoms with E-state index in [2.05, 4.69) is 15.5 Å². The number of thiocarbonyl (C=S) groups is 1. The highest BCUT2D eigenvalue weighted by Crippen LogP contribution is 2.34. The van der Waals surface area contributed by atoms with Crippen molar-refractivity contribution in [3.8, 4) is 5.75 Å². The zero-order valence-corrected chi connectivity index (χ0v) is 15.6. The van der Waals surface area contributed by atoms with Crippen molar-refractivity contribution in [3.63, 3.8) is 0 Å². The molecule has 5 nitrogen and oxygen atoms in total. The quantitative estimate of drug-likeness (QED) is 0.615. The van der Waals surface area contributed by atoms with Crippen LogP contribution in [-0.2, 0) is 4.79 Å². The predicted molar refractivity (Wildman–Crippen MR) is 97.4 cm³/mol. The molecule has 0 radical (unpaired) electrons. The normalized spacial score (nSPS) is 23.8. The van der Waals surface area contributed by atoms with Crippen LogP contribution in [0.25, 0.3) is 0 Å². The Labute approximate surface area is 151 Å². The van der Waals surface area contributed by atoms with Crippen molar-refractivity contribution in [1.82, 2.24) is 15.3 Å². The van der Waals surface area contributed by atoms with Gasteiger partial charge in [-0.25, -0.2) is 4.79 Å². The van der Waals surface area contributed by atoms with Crippen molar-refractivity contribution < 1.29 is 18.3 Å². The summed E-state index contributed by atoms with van der Waals surface area (Å²) in [5.41, 5.74) is 3.34. The van der Waals surface area contributed by atoms with Gasteiger partial charge in [-0.3, -0.25) is 0 Å². The molecule has 0 aromatic heterocycles. The molecule has 8 heteroatoms. The molecular weight excluding hydrogens is 348 g/mol. The molecule has 2 rings (SSSR count). The Hall–Kier alpha value is -1.64. The van der Waals surface area contributed by atoms with E-state index in [0.29, 0.717) is 23.6 Å². The van der Waals surface area contributed by atoms with E-state index in [1.165, 1.54) is 12.1 Å². The molecular formula is C17H24F2N3O2S+. The molecule has 0 saturated carbocycles. The highest BCUT2D eigenvalue weighted by Gasteiger charge is 2.52. The maximum Gasteiger partial charge on any atom is 0.387 e. The predicted octanol–water partition coefficient (Wildman–Crippen LogP) is 2.99. The number of hydrogen-bond donors (Lipinski definition) is 2. The van der Waals surface area contributed by atoms with Crippen molar-refractivity contribution >= 4 is 28.8 Å². The summed E-state index contributed by atoms with van der Waals surface area (Å²) in [5, 5.41) is 3.19. The van der Waals surface area contributed by atoms with Gasteiger partial charge in [0, 0.05) is 31.1 Å². The maximum atomic E-state index is 13.1. The monoisotopic (exact) mass is 372 g/mol. The summed E-state index contributed by atoms with van der Waals surface area (Å²) < 4.78 is 29.3. The van der Waals surface area contributed by atoms with Gasteiger partial charge in [-0.15, -0.1) is 0 Å². The van der Waals surface area contributed by atoms with Crippen LogP contribution in [0.2, 0.25) is 0 Å². The first-order valence-electron chi connectivity index (χ1n) is 8.08. The average molecular weight is 372 g/mol. The molecule has 138 valence electrons. The van der Waals surface area contributed by atoms with E-state index >= 15 is 0 Å². The zero-order chi connectivity index (χ0) is 18.8. The van der Waals surface area contributed by atoms with Gasteiger partial charge < -0.3 is 10.1 Å². The van der Waals surface area contributed by atoms with Crippen LogP contribution in [0.1, 0.15) is 27.2 Å². The van der Waals surface area contributed by atoms with Gasteiger partial charge in [0.15, 0.2) is 5.69 Å². The minimum absolute atomic E-state index is 0.0203. The Morgan fingerprint density at radius 3 is 2.64 bits per heavy atom. The van der Waals surface area contributed by atoms with Gasteiger partial charge in [0.2, 0.25) is 0 Å². The SMILES string of the molecule is CN[N+]1(c2cccc(OC(F)F)c2)CCC(C(=S)NC(C)(C)C)C1=O.